The Balaban J connectivity index is 2.64. The van der Waals surface area contributed by atoms with Crippen LogP contribution in [0.5, 0.6) is 0 Å². The highest BCUT2D eigenvalue weighted by Gasteiger charge is 1.98. The quantitative estimate of drug-likeness (QED) is 0.655. The number of hydrogen-bond donors (Lipinski definition) is 2. The molecule has 3 nitrogen and oxygen atoms in total. The van der Waals surface area contributed by atoms with Gasteiger partial charge >= 0.3 is 6.09 Å². The van der Waals surface area contributed by atoms with E-state index in [1.165, 1.54) is 7.11 Å². The van der Waals surface area contributed by atoms with Crippen LogP contribution >= 0.6 is 12.6 Å². The molecule has 0 fully saturated rings. The van der Waals surface area contributed by atoms with Crippen LogP contribution in [0.3, 0.4) is 0 Å². The number of nitrogens with one attached hydrogen (secondary N) is 1. The summed E-state index contributed by atoms with van der Waals surface area (Å²) in [5.41, 5.74) is 0.694. The molecule has 0 aliphatic heterocycles. The summed E-state index contributed by atoms with van der Waals surface area (Å²) in [7, 11) is 1.32. The third-order valence-corrected chi connectivity index (χ3v) is 1.60. The number of amides is 1. The van der Waals surface area contributed by atoms with Gasteiger partial charge in [0.05, 0.1) is 7.11 Å². The number of ether oxygens (including phenoxy) is 1. The van der Waals surface area contributed by atoms with E-state index in [4.69, 9.17) is 0 Å². The zero-order valence-corrected chi connectivity index (χ0v) is 7.47. The van der Waals surface area contributed by atoms with Crippen molar-refractivity contribution in [2.24, 2.45) is 0 Å². The molecule has 1 rings (SSSR count). The number of thiol groups is 1. The molecule has 0 atom stereocenters. The van der Waals surface area contributed by atoms with Gasteiger partial charge in [0.15, 0.2) is 0 Å². The van der Waals surface area contributed by atoms with Gasteiger partial charge in [0, 0.05) is 10.6 Å². The van der Waals surface area contributed by atoms with Gasteiger partial charge in [-0.1, -0.05) is 0 Å². The van der Waals surface area contributed by atoms with Crippen molar-refractivity contribution in [2.45, 2.75) is 4.90 Å². The molecule has 0 unspecified atom stereocenters. The van der Waals surface area contributed by atoms with Gasteiger partial charge in [-0.15, -0.1) is 12.6 Å². The Bertz CT molecular complexity index is 271. The van der Waals surface area contributed by atoms with Gasteiger partial charge in [0.2, 0.25) is 0 Å². The molecule has 0 aliphatic rings. The molecule has 0 aromatic heterocycles. The lowest BCUT2D eigenvalue weighted by Crippen LogP contribution is -2.10. The molecule has 1 amide bonds. The molecule has 4 heteroatoms. The zero-order chi connectivity index (χ0) is 8.97. The van der Waals surface area contributed by atoms with Crippen molar-refractivity contribution in [2.75, 3.05) is 12.4 Å². The Morgan fingerprint density at radius 2 is 2.00 bits per heavy atom. The molecular formula is C8H9NO2S. The minimum absolute atomic E-state index is 0.470. The van der Waals surface area contributed by atoms with E-state index in [0.29, 0.717) is 5.69 Å². The van der Waals surface area contributed by atoms with Gasteiger partial charge in [0.1, 0.15) is 0 Å². The lowest BCUT2D eigenvalue weighted by molar-refractivity contribution is 0.187. The van der Waals surface area contributed by atoms with Crippen molar-refractivity contribution in [3.8, 4) is 0 Å². The van der Waals surface area contributed by atoms with Crippen LogP contribution in [-0.2, 0) is 4.74 Å². The normalized spacial score (nSPS) is 9.17. The second-order valence-corrected chi connectivity index (χ2v) is 2.68. The fourth-order valence-electron chi connectivity index (χ4n) is 0.714. The number of carbonyl (C=O) groups is 1. The predicted octanol–water partition coefficient (Wildman–Crippen LogP) is 2.15. The highest BCUT2D eigenvalue weighted by atomic mass is 32.1. The Labute approximate surface area is 76.1 Å². The fourth-order valence-corrected chi connectivity index (χ4v) is 0.863. The fraction of sp³-hybridized carbons (Fsp3) is 0.125. The molecule has 1 aromatic carbocycles. The monoisotopic (exact) mass is 183 g/mol. The van der Waals surface area contributed by atoms with E-state index in [1.807, 2.05) is 0 Å². The molecule has 0 saturated carbocycles. The van der Waals surface area contributed by atoms with E-state index < -0.39 is 6.09 Å². The van der Waals surface area contributed by atoms with Crippen molar-refractivity contribution in [3.05, 3.63) is 24.3 Å². The molecular weight excluding hydrogens is 174 g/mol. The zero-order valence-electron chi connectivity index (χ0n) is 6.57. The van der Waals surface area contributed by atoms with Crippen LogP contribution in [0.4, 0.5) is 10.5 Å². The molecule has 0 spiro atoms. The van der Waals surface area contributed by atoms with Crippen LogP contribution in [0.1, 0.15) is 0 Å². The summed E-state index contributed by atoms with van der Waals surface area (Å²) in [6, 6.07) is 7.07. The minimum atomic E-state index is -0.470. The maximum atomic E-state index is 10.7. The highest BCUT2D eigenvalue weighted by molar-refractivity contribution is 7.80. The molecule has 1 N–H and O–H groups in total. The van der Waals surface area contributed by atoms with E-state index >= 15 is 0 Å². The first kappa shape index (κ1) is 8.93. The van der Waals surface area contributed by atoms with Crippen LogP contribution in [0, 0.1) is 0 Å². The Kier molecular flexibility index (Phi) is 2.99. The van der Waals surface area contributed by atoms with Crippen molar-refractivity contribution in [1.29, 1.82) is 0 Å². The third-order valence-electron chi connectivity index (χ3n) is 1.30. The SMILES string of the molecule is COC(=O)Nc1ccc(S)cc1. The molecule has 0 saturated heterocycles. The summed E-state index contributed by atoms with van der Waals surface area (Å²) in [6.07, 6.45) is -0.470. The summed E-state index contributed by atoms with van der Waals surface area (Å²) in [4.78, 5) is 11.6. The molecule has 1 aromatic rings. The number of carbonyl (C=O) groups excluding carboxylic acids is 1. The van der Waals surface area contributed by atoms with Gasteiger partial charge in [0.25, 0.3) is 0 Å². The molecule has 0 heterocycles. The number of rotatable bonds is 1. The summed E-state index contributed by atoms with van der Waals surface area (Å²) in [5, 5.41) is 2.52. The summed E-state index contributed by atoms with van der Waals surface area (Å²) in [6.45, 7) is 0. The first-order valence-electron chi connectivity index (χ1n) is 3.36. The smallest absolute Gasteiger partial charge is 0.411 e. The maximum Gasteiger partial charge on any atom is 0.411 e. The van der Waals surface area contributed by atoms with Crippen LogP contribution in [-0.4, -0.2) is 13.2 Å². The molecule has 0 bridgehead atoms. The standard InChI is InChI=1S/C8H9NO2S/c1-11-8(10)9-6-2-4-7(12)5-3-6/h2-5,12H,1H3,(H,9,10). The van der Waals surface area contributed by atoms with Crippen LogP contribution in [0.15, 0.2) is 29.2 Å². The number of benzene rings is 1. The van der Waals surface area contributed by atoms with Crippen molar-refractivity contribution in [1.82, 2.24) is 0 Å². The van der Waals surface area contributed by atoms with Crippen LogP contribution in [0.25, 0.3) is 0 Å². The van der Waals surface area contributed by atoms with Gasteiger partial charge in [-0.3, -0.25) is 5.32 Å². The van der Waals surface area contributed by atoms with Gasteiger partial charge in [-0.25, -0.2) is 4.79 Å². The van der Waals surface area contributed by atoms with Gasteiger partial charge < -0.3 is 4.74 Å². The average Bonchev–Trinajstić information content (AvgIpc) is 2.09. The van der Waals surface area contributed by atoms with Crippen molar-refractivity contribution < 1.29 is 9.53 Å². The van der Waals surface area contributed by atoms with E-state index in [1.54, 1.807) is 24.3 Å². The largest absolute Gasteiger partial charge is 0.453 e. The van der Waals surface area contributed by atoms with E-state index in [9.17, 15) is 4.79 Å². The molecule has 0 radical (unpaired) electrons. The summed E-state index contributed by atoms with van der Waals surface area (Å²) >= 11 is 4.10. The second kappa shape index (κ2) is 4.01. The number of methoxy groups -OCH3 is 1. The Morgan fingerprint density at radius 3 is 2.50 bits per heavy atom. The summed E-state index contributed by atoms with van der Waals surface area (Å²) in [5.74, 6) is 0. The van der Waals surface area contributed by atoms with Crippen LogP contribution < -0.4 is 5.32 Å². The molecule has 64 valence electrons. The summed E-state index contributed by atoms with van der Waals surface area (Å²) < 4.78 is 4.42. The number of hydrogen-bond acceptors (Lipinski definition) is 3. The molecule has 0 aliphatic carbocycles. The van der Waals surface area contributed by atoms with Crippen molar-refractivity contribution >= 4 is 24.4 Å². The van der Waals surface area contributed by atoms with Gasteiger partial charge in [-0.2, -0.15) is 0 Å². The van der Waals surface area contributed by atoms with E-state index in [-0.39, 0.29) is 0 Å². The average molecular weight is 183 g/mol. The van der Waals surface area contributed by atoms with Gasteiger partial charge in [-0.05, 0) is 24.3 Å². The Morgan fingerprint density at radius 1 is 1.42 bits per heavy atom. The topological polar surface area (TPSA) is 38.3 Å². The molecule has 12 heavy (non-hydrogen) atoms. The maximum absolute atomic E-state index is 10.7. The first-order chi connectivity index (χ1) is 5.72. The lowest BCUT2D eigenvalue weighted by Gasteiger charge is -2.02. The number of anilines is 1. The second-order valence-electron chi connectivity index (χ2n) is 2.16. The predicted molar refractivity (Wildman–Crippen MR) is 49.7 cm³/mol. The van der Waals surface area contributed by atoms with E-state index in [2.05, 4.69) is 22.7 Å². The van der Waals surface area contributed by atoms with Crippen molar-refractivity contribution in [3.63, 3.8) is 0 Å². The highest BCUT2D eigenvalue weighted by Crippen LogP contribution is 2.11. The van der Waals surface area contributed by atoms with E-state index in [0.717, 1.165) is 4.90 Å². The third kappa shape index (κ3) is 2.47. The first-order valence-corrected chi connectivity index (χ1v) is 3.81. The minimum Gasteiger partial charge on any atom is -0.453 e. The Hall–Kier alpha value is -1.16. The lowest BCUT2D eigenvalue weighted by atomic mass is 10.3. The van der Waals surface area contributed by atoms with Crippen LogP contribution in [0.2, 0.25) is 0 Å².